The summed E-state index contributed by atoms with van der Waals surface area (Å²) in [6.07, 6.45) is 7.09. The van der Waals surface area contributed by atoms with Gasteiger partial charge in [-0.3, -0.25) is 19.3 Å². The molecule has 0 radical (unpaired) electrons. The average molecular weight is 749 g/mol. The molecule has 1 amide bonds. The highest BCUT2D eigenvalue weighted by Gasteiger charge is 2.72. The van der Waals surface area contributed by atoms with Crippen LogP contribution in [0.4, 0.5) is 5.82 Å². The molecule has 8 unspecified atom stereocenters. The summed E-state index contributed by atoms with van der Waals surface area (Å²) in [6, 6.07) is 0. The van der Waals surface area contributed by atoms with E-state index in [0.717, 1.165) is 43.0 Å². The quantitative estimate of drug-likeness (QED) is 0.241. The Morgan fingerprint density at radius 3 is 2.56 bits per heavy atom. The van der Waals surface area contributed by atoms with Gasteiger partial charge >= 0.3 is 5.97 Å². The van der Waals surface area contributed by atoms with E-state index in [1.165, 1.54) is 0 Å². The molecule has 54 heavy (non-hydrogen) atoms. The molecule has 5 aliphatic rings. The second kappa shape index (κ2) is 14.6. The minimum atomic E-state index is -1.09. The Balaban J connectivity index is 0.954. The maximum Gasteiger partial charge on any atom is 0.320 e. The van der Waals surface area contributed by atoms with Gasteiger partial charge in [0.1, 0.15) is 17.7 Å². The van der Waals surface area contributed by atoms with Gasteiger partial charge in [-0.1, -0.05) is 26.8 Å². The summed E-state index contributed by atoms with van der Waals surface area (Å²) in [6.45, 7) is 17.2. The number of nitrogens with one attached hydrogen (secondary N) is 1. The van der Waals surface area contributed by atoms with E-state index in [1.807, 2.05) is 49.1 Å². The van der Waals surface area contributed by atoms with Crippen LogP contribution in [0.25, 0.3) is 11.2 Å². The molecule has 0 spiro atoms. The van der Waals surface area contributed by atoms with E-state index >= 15 is 0 Å². The van der Waals surface area contributed by atoms with Crippen LogP contribution in [-0.4, -0.2) is 134 Å². The third-order valence-electron chi connectivity index (χ3n) is 14.8. The zero-order valence-electron chi connectivity index (χ0n) is 32.8. The molecule has 296 valence electrons. The van der Waals surface area contributed by atoms with Crippen LogP contribution in [0.15, 0.2) is 25.3 Å². The molecule has 2 bridgehead atoms. The highest BCUT2D eigenvalue weighted by atomic mass is 16.6. The van der Waals surface area contributed by atoms with Crippen molar-refractivity contribution in [2.45, 2.75) is 97.0 Å². The summed E-state index contributed by atoms with van der Waals surface area (Å²) in [5, 5.41) is 26.9. The predicted octanol–water partition coefficient (Wildman–Crippen LogP) is 2.43. The first kappa shape index (κ1) is 38.8. The number of aliphatic hydroxyl groups excluding tert-OH is 2. The molecule has 0 aromatic carbocycles. The fourth-order valence-electron chi connectivity index (χ4n) is 11.2. The number of carbonyl (C=O) groups is 3. The van der Waals surface area contributed by atoms with Crippen molar-refractivity contribution >= 4 is 34.6 Å². The van der Waals surface area contributed by atoms with Gasteiger partial charge < -0.3 is 34.6 Å². The summed E-state index contributed by atoms with van der Waals surface area (Å²) < 4.78 is 8.34. The lowest BCUT2D eigenvalue weighted by atomic mass is 9.42. The first-order chi connectivity index (χ1) is 25.7. The first-order valence-electron chi connectivity index (χ1n) is 20.0. The van der Waals surface area contributed by atoms with Gasteiger partial charge in [-0.05, 0) is 69.9 Å². The molecule has 3 aliphatic carbocycles. The summed E-state index contributed by atoms with van der Waals surface area (Å²) in [7, 11) is 1.98. The Morgan fingerprint density at radius 2 is 1.83 bits per heavy atom. The minimum Gasteiger partial charge on any atom is -0.458 e. The van der Waals surface area contributed by atoms with Gasteiger partial charge in [0.15, 0.2) is 17.0 Å². The van der Waals surface area contributed by atoms with Crippen molar-refractivity contribution in [1.82, 2.24) is 34.6 Å². The summed E-state index contributed by atoms with van der Waals surface area (Å²) in [5.74, 6) is 0.414. The molecule has 14 heteroatoms. The zero-order valence-corrected chi connectivity index (χ0v) is 32.8. The normalized spacial score (nSPS) is 37.2. The van der Waals surface area contributed by atoms with E-state index in [2.05, 4.69) is 31.7 Å². The summed E-state index contributed by atoms with van der Waals surface area (Å²) >= 11 is 0. The molecule has 3 saturated carbocycles. The van der Waals surface area contributed by atoms with Crippen LogP contribution in [0.5, 0.6) is 0 Å². The largest absolute Gasteiger partial charge is 0.458 e. The van der Waals surface area contributed by atoms with E-state index in [9.17, 15) is 24.6 Å². The Morgan fingerprint density at radius 1 is 1.07 bits per heavy atom. The maximum absolute atomic E-state index is 13.7. The number of hydrogen-bond donors (Lipinski definition) is 3. The fourth-order valence-corrected chi connectivity index (χ4v) is 11.2. The second-order valence-corrected chi connectivity index (χ2v) is 17.7. The number of aromatic nitrogens is 4. The van der Waals surface area contributed by atoms with Gasteiger partial charge in [0.25, 0.3) is 0 Å². The van der Waals surface area contributed by atoms with Crippen molar-refractivity contribution in [3.05, 3.63) is 25.3 Å². The third kappa shape index (κ3) is 6.34. The molecule has 14 nitrogen and oxygen atoms in total. The van der Waals surface area contributed by atoms with Gasteiger partial charge in [-0.2, -0.15) is 0 Å². The number of amides is 1. The van der Waals surface area contributed by atoms with Crippen molar-refractivity contribution in [2.75, 3.05) is 64.3 Å². The number of ketones is 1. The molecular weight excluding hydrogens is 688 g/mol. The Labute approximate surface area is 318 Å². The monoisotopic (exact) mass is 748 g/mol. The van der Waals surface area contributed by atoms with E-state index in [-0.39, 0.29) is 30.6 Å². The molecule has 2 aliphatic heterocycles. The molecule has 2 saturated heterocycles. The average Bonchev–Trinajstić information content (AvgIpc) is 3.89. The van der Waals surface area contributed by atoms with Gasteiger partial charge in [0, 0.05) is 75.4 Å². The molecule has 3 N–H and O–H groups in total. The van der Waals surface area contributed by atoms with Crippen LogP contribution >= 0.6 is 0 Å². The fraction of sp³-hybridized carbons (Fsp3) is 0.750. The van der Waals surface area contributed by atoms with Crippen LogP contribution in [0.3, 0.4) is 0 Å². The van der Waals surface area contributed by atoms with Crippen LogP contribution in [0.2, 0.25) is 0 Å². The van der Waals surface area contributed by atoms with Crippen LogP contribution in [0, 0.1) is 34.0 Å². The molecule has 5 fully saturated rings. The third-order valence-corrected chi connectivity index (χ3v) is 14.8. The van der Waals surface area contributed by atoms with Gasteiger partial charge in [-0.15, -0.1) is 6.58 Å². The van der Waals surface area contributed by atoms with Crippen molar-refractivity contribution in [3.63, 3.8) is 0 Å². The topological polar surface area (TPSA) is 166 Å². The SMILES string of the molecule is C=CC1(C)CC(O)C2(C)C3C(=O)CCC3(CCC2(C)OC(=O)CN2CCN(C(=O)CCn3cnc4c(N5CC[C@@H](CNC)C5)ncnc43)CC2)C(C)C1O. The lowest BCUT2D eigenvalue weighted by molar-refractivity contribution is -0.252. The minimum absolute atomic E-state index is 0.0410. The number of fused-ring (bicyclic) bond motifs is 1. The lowest BCUT2D eigenvalue weighted by Gasteiger charge is -2.64. The van der Waals surface area contributed by atoms with Crippen LogP contribution in [0.1, 0.15) is 72.6 Å². The number of piperazine rings is 1. The van der Waals surface area contributed by atoms with Crippen molar-refractivity contribution in [3.8, 4) is 0 Å². The Hall–Kier alpha value is -3.46. The number of nitrogens with zero attached hydrogens (tertiary/aromatic N) is 7. The van der Waals surface area contributed by atoms with Crippen molar-refractivity contribution < 1.29 is 29.3 Å². The molecule has 4 heterocycles. The number of anilines is 1. The molecular formula is C40H60N8O6. The van der Waals surface area contributed by atoms with Crippen LogP contribution < -0.4 is 10.2 Å². The second-order valence-electron chi connectivity index (χ2n) is 17.7. The molecule has 9 atom stereocenters. The number of carbonyl (C=O) groups excluding carboxylic acids is 3. The number of Topliss-reactive ketones (excluding diaryl/α,β-unsaturated/α-hetero) is 1. The number of imidazole rings is 1. The molecule has 2 aromatic heterocycles. The first-order valence-corrected chi connectivity index (χ1v) is 20.0. The number of hydrogen-bond acceptors (Lipinski definition) is 12. The van der Waals surface area contributed by atoms with Crippen molar-refractivity contribution in [1.29, 1.82) is 0 Å². The number of esters is 1. The maximum atomic E-state index is 13.7. The number of ether oxygens (including phenoxy) is 1. The Bertz CT molecular complexity index is 1760. The van der Waals surface area contributed by atoms with E-state index < -0.39 is 45.9 Å². The Kier molecular flexibility index (Phi) is 10.5. The smallest absolute Gasteiger partial charge is 0.320 e. The number of rotatable bonds is 10. The van der Waals surface area contributed by atoms with Gasteiger partial charge in [0.05, 0.1) is 25.1 Å². The van der Waals surface area contributed by atoms with E-state index in [4.69, 9.17) is 4.74 Å². The van der Waals surface area contributed by atoms with E-state index in [0.29, 0.717) is 70.7 Å². The predicted molar refractivity (Wildman–Crippen MR) is 203 cm³/mol. The molecule has 2 aromatic rings. The lowest BCUT2D eigenvalue weighted by Crippen LogP contribution is -2.69. The van der Waals surface area contributed by atoms with Crippen LogP contribution in [-0.2, 0) is 25.7 Å². The number of aryl methyl sites for hydroxylation is 1. The zero-order chi connectivity index (χ0) is 38.6. The highest BCUT2D eigenvalue weighted by Crippen LogP contribution is 2.69. The van der Waals surface area contributed by atoms with E-state index in [1.54, 1.807) is 18.7 Å². The standard InChI is InChI=1S/C40H60N8O6/c1-7-37(3)20-29(50)39(5)33-28(49)8-11-40(33,26(2)34(37)53)13-12-38(39,4)54-31(52)23-45-16-18-46(19-17-45)30(51)10-15-48-25-44-32-35(42-24-43-36(32)48)47-14-9-27(22-47)21-41-6/h7,24-27,29,33-34,41,50,53H,1,8-23H2,2-6H3/t26?,27-,29?,33?,34?,37?,38?,39?,40?/m0/s1. The highest BCUT2D eigenvalue weighted by molar-refractivity contribution is 5.86. The van der Waals surface area contributed by atoms with Gasteiger partial charge in [-0.25, -0.2) is 15.0 Å². The molecule has 7 rings (SSSR count). The van der Waals surface area contributed by atoms with Gasteiger partial charge in [0.2, 0.25) is 5.91 Å². The van der Waals surface area contributed by atoms with Crippen molar-refractivity contribution in [2.24, 2.45) is 34.0 Å². The summed E-state index contributed by atoms with van der Waals surface area (Å²) in [4.78, 5) is 60.7. The summed E-state index contributed by atoms with van der Waals surface area (Å²) in [5.41, 5.74) is -1.91. The number of aliphatic hydroxyl groups is 2.